The lowest BCUT2D eigenvalue weighted by Gasteiger charge is -2.26. The number of nitrogens with zero attached hydrogens (tertiary/aromatic N) is 1. The Morgan fingerprint density at radius 2 is 1.72 bits per heavy atom. The van der Waals surface area contributed by atoms with Crippen molar-refractivity contribution in [3.63, 3.8) is 0 Å². The van der Waals surface area contributed by atoms with E-state index >= 15 is 0 Å². The molecule has 2 heterocycles. The molecule has 1 saturated heterocycles. The zero-order valence-corrected chi connectivity index (χ0v) is 20.0. The Balaban J connectivity index is 1.58. The number of nitrogens with one attached hydrogen (secondary N) is 1. The molecular formula is C29H26N2O5. The first kappa shape index (κ1) is 23.2. The maximum Gasteiger partial charge on any atom is 0.295 e. The van der Waals surface area contributed by atoms with Crippen LogP contribution in [0.25, 0.3) is 16.7 Å². The zero-order chi connectivity index (χ0) is 25.2. The van der Waals surface area contributed by atoms with Crippen molar-refractivity contribution in [1.82, 2.24) is 9.88 Å². The number of fused-ring (bicyclic) bond motifs is 1. The molecule has 1 atom stereocenters. The number of hydrogen-bond acceptors (Lipinski definition) is 5. The minimum Gasteiger partial charge on any atom is -0.507 e. The summed E-state index contributed by atoms with van der Waals surface area (Å²) in [6.45, 7) is 0.267. The third-order valence-electron chi connectivity index (χ3n) is 6.62. The van der Waals surface area contributed by atoms with Gasteiger partial charge in [0.15, 0.2) is 0 Å². The molecule has 1 amide bonds. The molecular weight excluding hydrogens is 456 g/mol. The first-order valence-corrected chi connectivity index (χ1v) is 11.6. The van der Waals surface area contributed by atoms with Gasteiger partial charge in [-0.1, -0.05) is 48.5 Å². The van der Waals surface area contributed by atoms with Gasteiger partial charge >= 0.3 is 0 Å². The molecule has 0 saturated carbocycles. The maximum absolute atomic E-state index is 13.3. The summed E-state index contributed by atoms with van der Waals surface area (Å²) in [6, 6.07) is 21.0. The van der Waals surface area contributed by atoms with Crippen molar-refractivity contribution in [3.05, 3.63) is 101 Å². The Morgan fingerprint density at radius 1 is 0.972 bits per heavy atom. The summed E-state index contributed by atoms with van der Waals surface area (Å²) >= 11 is 0. The Kier molecular flexibility index (Phi) is 6.21. The lowest BCUT2D eigenvalue weighted by atomic mass is 9.94. The van der Waals surface area contributed by atoms with Gasteiger partial charge in [0.05, 0.1) is 25.8 Å². The Bertz CT molecular complexity index is 1470. The second-order valence-electron chi connectivity index (χ2n) is 8.58. The summed E-state index contributed by atoms with van der Waals surface area (Å²) < 4.78 is 10.9. The number of ether oxygens (including phenoxy) is 2. The number of para-hydroxylation sites is 1. The fourth-order valence-electron chi connectivity index (χ4n) is 4.81. The summed E-state index contributed by atoms with van der Waals surface area (Å²) in [6.07, 6.45) is 2.40. The molecule has 1 aromatic heterocycles. The van der Waals surface area contributed by atoms with Gasteiger partial charge in [-0.2, -0.15) is 0 Å². The van der Waals surface area contributed by atoms with E-state index in [0.717, 1.165) is 22.2 Å². The highest BCUT2D eigenvalue weighted by Gasteiger charge is 2.46. The summed E-state index contributed by atoms with van der Waals surface area (Å²) in [5.74, 6) is -0.302. The van der Waals surface area contributed by atoms with Gasteiger partial charge in [0, 0.05) is 34.8 Å². The average molecular weight is 483 g/mol. The largest absolute Gasteiger partial charge is 0.507 e. The second kappa shape index (κ2) is 9.62. The molecule has 1 aliphatic heterocycles. The Hall–Kier alpha value is -4.52. The molecule has 3 aromatic carbocycles. The van der Waals surface area contributed by atoms with Gasteiger partial charge in [-0.05, 0) is 36.2 Å². The van der Waals surface area contributed by atoms with Crippen LogP contribution in [0.4, 0.5) is 0 Å². The van der Waals surface area contributed by atoms with E-state index in [1.54, 1.807) is 44.6 Å². The molecule has 2 N–H and O–H groups in total. The molecule has 0 aliphatic carbocycles. The van der Waals surface area contributed by atoms with E-state index in [0.29, 0.717) is 23.3 Å². The third kappa shape index (κ3) is 3.98. The minimum atomic E-state index is -0.791. The van der Waals surface area contributed by atoms with Gasteiger partial charge in [0.25, 0.3) is 11.7 Å². The molecule has 0 bridgehead atoms. The van der Waals surface area contributed by atoms with E-state index in [1.165, 1.54) is 4.90 Å². The lowest BCUT2D eigenvalue weighted by Crippen LogP contribution is -2.31. The van der Waals surface area contributed by atoms with Crippen LogP contribution in [0, 0.1) is 0 Å². The van der Waals surface area contributed by atoms with Crippen LogP contribution >= 0.6 is 0 Å². The maximum atomic E-state index is 13.3. The van der Waals surface area contributed by atoms with E-state index in [-0.39, 0.29) is 17.9 Å². The van der Waals surface area contributed by atoms with Crippen LogP contribution in [-0.4, -0.2) is 47.4 Å². The molecule has 1 aliphatic rings. The number of H-pyrrole nitrogens is 1. The number of aromatic nitrogens is 1. The average Bonchev–Trinajstić information content (AvgIpc) is 3.44. The van der Waals surface area contributed by atoms with Gasteiger partial charge in [0.1, 0.15) is 17.3 Å². The molecule has 36 heavy (non-hydrogen) atoms. The molecule has 182 valence electrons. The molecule has 4 aromatic rings. The number of aromatic amines is 1. The normalized spacial score (nSPS) is 17.1. The number of hydrogen-bond donors (Lipinski definition) is 2. The number of ketones is 1. The molecule has 0 spiro atoms. The predicted molar refractivity (Wildman–Crippen MR) is 137 cm³/mol. The first-order valence-electron chi connectivity index (χ1n) is 11.6. The van der Waals surface area contributed by atoms with Crippen molar-refractivity contribution in [3.8, 4) is 11.5 Å². The van der Waals surface area contributed by atoms with Crippen molar-refractivity contribution in [2.24, 2.45) is 0 Å². The number of aliphatic hydroxyl groups excluding tert-OH is 1. The number of methoxy groups -OCH3 is 2. The van der Waals surface area contributed by atoms with E-state index < -0.39 is 17.7 Å². The van der Waals surface area contributed by atoms with E-state index in [4.69, 9.17) is 9.47 Å². The standard InChI is InChI=1S/C29H26N2O5/c1-35-20-12-13-23-22(16-20)19(17-30-23)14-15-31-26(21-10-6-7-11-24(21)36-2)25(28(33)29(31)34)27(32)18-8-4-3-5-9-18/h3-13,16-17,26,30,32H,14-15H2,1-2H3/t26-/m1/s1. The summed E-state index contributed by atoms with van der Waals surface area (Å²) in [4.78, 5) is 31.4. The number of benzene rings is 3. The van der Waals surface area contributed by atoms with E-state index in [9.17, 15) is 14.7 Å². The topological polar surface area (TPSA) is 91.9 Å². The van der Waals surface area contributed by atoms with Crippen LogP contribution in [0.15, 0.2) is 84.6 Å². The van der Waals surface area contributed by atoms with Crippen molar-refractivity contribution in [2.45, 2.75) is 12.5 Å². The van der Waals surface area contributed by atoms with E-state index in [1.807, 2.05) is 48.7 Å². The fraction of sp³-hybridized carbons (Fsp3) is 0.172. The number of carbonyl (C=O) groups is 2. The number of rotatable bonds is 7. The molecule has 7 nitrogen and oxygen atoms in total. The second-order valence-corrected chi connectivity index (χ2v) is 8.58. The van der Waals surface area contributed by atoms with Crippen molar-refractivity contribution >= 4 is 28.4 Å². The van der Waals surface area contributed by atoms with Gasteiger partial charge in [-0.15, -0.1) is 0 Å². The van der Waals surface area contributed by atoms with Gasteiger partial charge in [-0.3, -0.25) is 9.59 Å². The molecule has 0 radical (unpaired) electrons. The Morgan fingerprint density at radius 3 is 2.47 bits per heavy atom. The van der Waals surface area contributed by atoms with Crippen LogP contribution in [0.5, 0.6) is 11.5 Å². The van der Waals surface area contributed by atoms with Gasteiger partial charge in [0.2, 0.25) is 0 Å². The van der Waals surface area contributed by atoms with Crippen LogP contribution in [0.2, 0.25) is 0 Å². The van der Waals surface area contributed by atoms with Crippen LogP contribution in [0.3, 0.4) is 0 Å². The minimum absolute atomic E-state index is 0.0521. The lowest BCUT2D eigenvalue weighted by molar-refractivity contribution is -0.139. The summed E-state index contributed by atoms with van der Waals surface area (Å²) in [5.41, 5.74) is 3.11. The molecule has 1 fully saturated rings. The number of amides is 1. The number of likely N-dealkylation sites (tertiary alicyclic amines) is 1. The fourth-order valence-corrected chi connectivity index (χ4v) is 4.81. The highest BCUT2D eigenvalue weighted by Crippen LogP contribution is 2.42. The van der Waals surface area contributed by atoms with Gasteiger partial charge in [-0.25, -0.2) is 0 Å². The molecule has 0 unspecified atom stereocenters. The van der Waals surface area contributed by atoms with Crippen molar-refractivity contribution in [2.75, 3.05) is 20.8 Å². The quantitative estimate of drug-likeness (QED) is 0.223. The van der Waals surface area contributed by atoms with Crippen molar-refractivity contribution < 1.29 is 24.2 Å². The van der Waals surface area contributed by atoms with Crippen molar-refractivity contribution in [1.29, 1.82) is 0 Å². The molecule has 5 rings (SSSR count). The van der Waals surface area contributed by atoms with Crippen LogP contribution in [-0.2, 0) is 16.0 Å². The van der Waals surface area contributed by atoms with Gasteiger partial charge < -0.3 is 24.5 Å². The number of carbonyl (C=O) groups excluding carboxylic acids is 2. The monoisotopic (exact) mass is 482 g/mol. The SMILES string of the molecule is COc1ccc2[nH]cc(CCN3C(=O)C(=O)C(=C(O)c4ccccc4)[C@H]3c3ccccc3OC)c2c1. The highest BCUT2D eigenvalue weighted by molar-refractivity contribution is 6.46. The highest BCUT2D eigenvalue weighted by atomic mass is 16.5. The zero-order valence-electron chi connectivity index (χ0n) is 20.0. The predicted octanol–water partition coefficient (Wildman–Crippen LogP) is 4.85. The number of Topliss-reactive ketones (excluding diaryl/α,β-unsaturated/α-hetero) is 1. The van der Waals surface area contributed by atoms with Crippen LogP contribution in [0.1, 0.15) is 22.7 Å². The number of aliphatic hydroxyl groups is 1. The third-order valence-corrected chi connectivity index (χ3v) is 6.62. The smallest absolute Gasteiger partial charge is 0.295 e. The first-order chi connectivity index (χ1) is 17.5. The Labute approximate surface area is 208 Å². The molecule has 7 heteroatoms. The van der Waals surface area contributed by atoms with Crippen LogP contribution < -0.4 is 9.47 Å². The van der Waals surface area contributed by atoms with E-state index in [2.05, 4.69) is 4.98 Å². The summed E-state index contributed by atoms with van der Waals surface area (Å²) in [7, 11) is 3.16. The summed E-state index contributed by atoms with van der Waals surface area (Å²) in [5, 5.41) is 12.2.